The zero-order valence-electron chi connectivity index (χ0n) is 11.1. The lowest BCUT2D eigenvalue weighted by atomic mass is 9.92. The molecule has 2 atom stereocenters. The molecule has 0 bridgehead atoms. The minimum Gasteiger partial charge on any atom is -0.375 e. The third kappa shape index (κ3) is 3.79. The van der Waals surface area contributed by atoms with Crippen LogP contribution in [-0.2, 0) is 11.2 Å². The molecule has 1 aromatic rings. The van der Waals surface area contributed by atoms with Crippen molar-refractivity contribution in [2.24, 2.45) is 0 Å². The molecule has 1 aliphatic carbocycles. The molecule has 0 unspecified atom stereocenters. The van der Waals surface area contributed by atoms with E-state index in [9.17, 15) is 4.39 Å². The van der Waals surface area contributed by atoms with Crippen molar-refractivity contribution in [3.05, 3.63) is 35.6 Å². The molecule has 0 spiro atoms. The van der Waals surface area contributed by atoms with E-state index in [1.165, 1.54) is 31.7 Å². The first-order chi connectivity index (χ1) is 8.79. The van der Waals surface area contributed by atoms with Gasteiger partial charge in [-0.15, -0.1) is 0 Å². The first-order valence-corrected chi connectivity index (χ1v) is 6.90. The second kappa shape index (κ2) is 6.86. The van der Waals surface area contributed by atoms with Crippen molar-refractivity contribution in [2.45, 2.75) is 44.2 Å². The number of benzene rings is 1. The number of rotatable bonds is 5. The van der Waals surface area contributed by atoms with E-state index in [0.29, 0.717) is 12.1 Å². The predicted octanol–water partition coefficient (Wildman–Crippen LogP) is 1.89. The molecule has 100 valence electrons. The summed E-state index contributed by atoms with van der Waals surface area (Å²) in [5.41, 5.74) is 1.08. The second-order valence-corrected chi connectivity index (χ2v) is 5.13. The van der Waals surface area contributed by atoms with E-state index in [1.807, 2.05) is 13.2 Å². The van der Waals surface area contributed by atoms with E-state index in [2.05, 4.69) is 5.32 Å². The van der Waals surface area contributed by atoms with Crippen LogP contribution in [0.5, 0.6) is 0 Å². The van der Waals surface area contributed by atoms with E-state index in [-0.39, 0.29) is 5.82 Å². The Balaban J connectivity index is 1.77. The summed E-state index contributed by atoms with van der Waals surface area (Å²) in [6, 6.07) is 7.48. The highest BCUT2D eigenvalue weighted by Gasteiger charge is 2.27. The van der Waals surface area contributed by atoms with Crippen molar-refractivity contribution in [3.63, 3.8) is 0 Å². The van der Waals surface area contributed by atoms with Crippen molar-refractivity contribution >= 4 is 0 Å². The maximum Gasteiger partial charge on any atom is 0.123 e. The summed E-state index contributed by atoms with van der Waals surface area (Å²) in [6.45, 7) is 1.01. The minimum atomic E-state index is -0.139. The van der Waals surface area contributed by atoms with Gasteiger partial charge in [0.25, 0.3) is 0 Å². The summed E-state index contributed by atoms with van der Waals surface area (Å²) in [5.74, 6) is -0.139. The molecule has 1 aliphatic rings. The highest BCUT2D eigenvalue weighted by atomic mass is 19.1. The topological polar surface area (TPSA) is 25.8 Å². The van der Waals surface area contributed by atoms with Crippen molar-refractivity contribution in [1.29, 1.82) is 0 Å². The van der Waals surface area contributed by atoms with Gasteiger partial charge >= 0.3 is 0 Å². The molecule has 18 heavy (non-hydrogen) atoms. The monoisotopic (exact) mass is 252 g/mol. The van der Waals surface area contributed by atoms with Crippen LogP contribution in [-0.4, -0.2) is 25.8 Å². The Morgan fingerprint density at radius 2 is 2.17 bits per heavy atom. The summed E-state index contributed by atoms with van der Waals surface area (Å²) >= 11 is 0. The lowest BCUT2D eigenvalue weighted by Gasteiger charge is -2.28. The van der Waals surface area contributed by atoms with Crippen molar-refractivity contribution < 1.29 is 14.4 Å². The number of halogens is 1. The first kappa shape index (κ1) is 13.5. The molecule has 0 aliphatic heterocycles. The molecule has 1 fully saturated rings. The molecule has 0 saturated heterocycles. The van der Waals surface area contributed by atoms with E-state index in [1.54, 1.807) is 12.1 Å². The Morgan fingerprint density at radius 1 is 1.33 bits per heavy atom. The van der Waals surface area contributed by atoms with Crippen LogP contribution in [0.15, 0.2) is 24.3 Å². The fourth-order valence-electron chi connectivity index (χ4n) is 2.84. The summed E-state index contributed by atoms with van der Waals surface area (Å²) in [7, 11) is 1.81. The fourth-order valence-corrected chi connectivity index (χ4v) is 2.84. The Kier molecular flexibility index (Phi) is 5.14. The number of nitrogens with two attached hydrogens (primary N) is 1. The Morgan fingerprint density at radius 3 is 2.94 bits per heavy atom. The molecule has 2 N–H and O–H groups in total. The van der Waals surface area contributed by atoms with Crippen molar-refractivity contribution in [2.75, 3.05) is 13.7 Å². The number of ether oxygens (including phenoxy) is 1. The maximum atomic E-state index is 13.0. The average Bonchev–Trinajstić information content (AvgIpc) is 2.39. The van der Waals surface area contributed by atoms with Gasteiger partial charge in [0, 0.05) is 20.0 Å². The van der Waals surface area contributed by atoms with Crippen LogP contribution in [0.3, 0.4) is 0 Å². The van der Waals surface area contributed by atoms with Gasteiger partial charge in [-0.05, 0) is 30.5 Å². The zero-order valence-corrected chi connectivity index (χ0v) is 11.1. The van der Waals surface area contributed by atoms with Gasteiger partial charge in [-0.1, -0.05) is 18.6 Å². The van der Waals surface area contributed by atoms with Gasteiger partial charge in [-0.2, -0.15) is 0 Å². The lowest BCUT2D eigenvalue weighted by Crippen LogP contribution is -2.93. The predicted molar refractivity (Wildman–Crippen MR) is 69.9 cm³/mol. The van der Waals surface area contributed by atoms with Gasteiger partial charge in [0.05, 0.1) is 6.54 Å². The summed E-state index contributed by atoms with van der Waals surface area (Å²) in [6.07, 6.45) is 6.32. The number of hydrogen-bond acceptors (Lipinski definition) is 1. The van der Waals surface area contributed by atoms with E-state index in [0.717, 1.165) is 18.5 Å². The lowest BCUT2D eigenvalue weighted by molar-refractivity contribution is -0.698. The third-order valence-corrected chi connectivity index (χ3v) is 3.85. The van der Waals surface area contributed by atoms with Gasteiger partial charge in [0.15, 0.2) is 0 Å². The van der Waals surface area contributed by atoms with Gasteiger partial charge in [-0.25, -0.2) is 4.39 Å². The summed E-state index contributed by atoms with van der Waals surface area (Å²) in [5, 5.41) is 2.37. The molecular weight excluding hydrogens is 229 g/mol. The van der Waals surface area contributed by atoms with Crippen LogP contribution < -0.4 is 5.32 Å². The molecule has 0 radical (unpaired) electrons. The number of quaternary nitrogens is 1. The normalized spacial score (nSPS) is 24.1. The Bertz CT molecular complexity index is 369. The zero-order chi connectivity index (χ0) is 12.8. The van der Waals surface area contributed by atoms with Crippen LogP contribution in [0, 0.1) is 5.82 Å². The largest absolute Gasteiger partial charge is 0.375 e. The van der Waals surface area contributed by atoms with E-state index < -0.39 is 0 Å². The summed E-state index contributed by atoms with van der Waals surface area (Å²) in [4.78, 5) is 0. The fraction of sp³-hybridized carbons (Fsp3) is 0.600. The molecular formula is C15H23FNO+. The van der Waals surface area contributed by atoms with Crippen LogP contribution in [0.4, 0.5) is 4.39 Å². The maximum absolute atomic E-state index is 13.0. The van der Waals surface area contributed by atoms with Crippen LogP contribution in [0.2, 0.25) is 0 Å². The minimum absolute atomic E-state index is 0.139. The van der Waals surface area contributed by atoms with Gasteiger partial charge < -0.3 is 10.1 Å². The van der Waals surface area contributed by atoms with Gasteiger partial charge in [0.1, 0.15) is 18.0 Å². The smallest absolute Gasteiger partial charge is 0.123 e. The van der Waals surface area contributed by atoms with Crippen LogP contribution in [0.25, 0.3) is 0 Å². The number of hydrogen-bond donors (Lipinski definition) is 1. The number of methoxy groups -OCH3 is 1. The van der Waals surface area contributed by atoms with Gasteiger partial charge in [0.2, 0.25) is 0 Å². The molecule has 0 heterocycles. The quantitative estimate of drug-likeness (QED) is 0.851. The molecule has 3 heteroatoms. The molecule has 1 aromatic carbocycles. The Hall–Kier alpha value is -0.930. The molecule has 1 saturated carbocycles. The molecule has 2 nitrogen and oxygen atoms in total. The summed E-state index contributed by atoms with van der Waals surface area (Å²) < 4.78 is 18.6. The highest BCUT2D eigenvalue weighted by molar-refractivity contribution is 5.16. The standard InChI is InChI=1S/C15H22FNO/c1-18-15-8-3-2-7-14(15)17-10-9-12-5-4-6-13(16)11-12/h4-6,11,14-15,17H,2-3,7-10H2,1H3/p+1/t14-,15+/m1/s1. The van der Waals surface area contributed by atoms with Crippen molar-refractivity contribution in [1.82, 2.24) is 0 Å². The highest BCUT2D eigenvalue weighted by Crippen LogP contribution is 2.18. The Labute approximate surface area is 109 Å². The first-order valence-electron chi connectivity index (χ1n) is 6.90. The van der Waals surface area contributed by atoms with E-state index in [4.69, 9.17) is 4.74 Å². The van der Waals surface area contributed by atoms with Crippen LogP contribution in [0.1, 0.15) is 31.2 Å². The third-order valence-electron chi connectivity index (χ3n) is 3.85. The molecule has 2 rings (SSSR count). The van der Waals surface area contributed by atoms with Gasteiger partial charge in [-0.3, -0.25) is 0 Å². The van der Waals surface area contributed by atoms with Crippen LogP contribution >= 0.6 is 0 Å². The second-order valence-electron chi connectivity index (χ2n) is 5.13. The SMILES string of the molecule is CO[C@H]1CCCC[C@H]1[NH2+]CCc1cccc(F)c1. The molecule has 0 amide bonds. The van der Waals surface area contributed by atoms with Crippen molar-refractivity contribution in [3.8, 4) is 0 Å². The average molecular weight is 252 g/mol. The molecule has 0 aromatic heterocycles. The van der Waals surface area contributed by atoms with E-state index >= 15 is 0 Å².